The Hall–Kier alpha value is -3.29. The van der Waals surface area contributed by atoms with Crippen molar-refractivity contribution in [3.8, 4) is 11.1 Å². The van der Waals surface area contributed by atoms with E-state index in [9.17, 15) is 31.1 Å². The minimum atomic E-state index is -4.46. The molecule has 222 valence electrons. The molecule has 0 saturated carbocycles. The van der Waals surface area contributed by atoms with Crippen LogP contribution < -0.4 is 5.32 Å². The molecule has 2 atom stereocenters. The van der Waals surface area contributed by atoms with E-state index >= 15 is 0 Å². The zero-order valence-electron chi connectivity index (χ0n) is 24.0. The number of ketones is 1. The molecule has 0 saturated heterocycles. The van der Waals surface area contributed by atoms with Crippen molar-refractivity contribution in [2.45, 2.75) is 78.2 Å². The van der Waals surface area contributed by atoms with Gasteiger partial charge in [-0.3, -0.25) is 4.79 Å². The van der Waals surface area contributed by atoms with Crippen LogP contribution in [0.1, 0.15) is 88.1 Å². The maximum absolute atomic E-state index is 13.2. The number of anilines is 1. The Morgan fingerprint density at radius 2 is 1.22 bits per heavy atom. The van der Waals surface area contributed by atoms with Gasteiger partial charge in [-0.1, -0.05) is 58.0 Å². The first-order valence-corrected chi connectivity index (χ1v) is 13.8. The molecule has 0 aliphatic carbocycles. The maximum Gasteiger partial charge on any atom is 0.416 e. The van der Waals surface area contributed by atoms with Crippen molar-refractivity contribution < 1.29 is 31.1 Å². The Morgan fingerprint density at radius 3 is 1.68 bits per heavy atom. The summed E-state index contributed by atoms with van der Waals surface area (Å²) >= 11 is 0. The van der Waals surface area contributed by atoms with Crippen LogP contribution in [-0.4, -0.2) is 5.78 Å². The summed E-state index contributed by atoms with van der Waals surface area (Å²) in [6, 6.07) is 15.1. The van der Waals surface area contributed by atoms with Gasteiger partial charge in [-0.25, -0.2) is 0 Å². The van der Waals surface area contributed by atoms with Crippen LogP contribution in [0.2, 0.25) is 0 Å². The van der Waals surface area contributed by atoms with Gasteiger partial charge in [0.05, 0.1) is 17.2 Å². The summed E-state index contributed by atoms with van der Waals surface area (Å²) in [7, 11) is 0. The Labute approximate surface area is 238 Å². The van der Waals surface area contributed by atoms with Crippen LogP contribution in [-0.2, 0) is 17.1 Å². The molecule has 0 radical (unpaired) electrons. The van der Waals surface area contributed by atoms with Gasteiger partial charge in [-0.2, -0.15) is 26.3 Å². The number of hydrogen-bond donors (Lipinski definition) is 1. The van der Waals surface area contributed by atoms with Crippen LogP contribution >= 0.6 is 0 Å². The third-order valence-electron chi connectivity index (χ3n) is 7.12. The second-order valence-electron chi connectivity index (χ2n) is 11.5. The van der Waals surface area contributed by atoms with Crippen molar-refractivity contribution in [3.05, 3.63) is 89.0 Å². The molecule has 0 heterocycles. The molecule has 3 rings (SSSR count). The number of nitrogens with one attached hydrogen (secondary N) is 1. The van der Waals surface area contributed by atoms with E-state index in [2.05, 4.69) is 19.2 Å². The van der Waals surface area contributed by atoms with Gasteiger partial charge in [-0.15, -0.1) is 0 Å². The van der Waals surface area contributed by atoms with Gasteiger partial charge in [0.25, 0.3) is 0 Å². The number of alkyl halides is 6. The molecule has 0 fully saturated rings. The van der Waals surface area contributed by atoms with Gasteiger partial charge in [0, 0.05) is 11.6 Å². The van der Waals surface area contributed by atoms with Crippen molar-refractivity contribution in [3.63, 3.8) is 0 Å². The third-order valence-corrected chi connectivity index (χ3v) is 7.12. The molecular weight excluding hydrogens is 540 g/mol. The van der Waals surface area contributed by atoms with Gasteiger partial charge < -0.3 is 5.32 Å². The van der Waals surface area contributed by atoms with Gasteiger partial charge in [-0.05, 0) is 96.7 Å². The second kappa shape index (κ2) is 13.1. The van der Waals surface area contributed by atoms with Crippen LogP contribution in [0.3, 0.4) is 0 Å². The highest BCUT2D eigenvalue weighted by molar-refractivity contribution is 5.84. The first kappa shape index (κ1) is 32.2. The van der Waals surface area contributed by atoms with Crippen LogP contribution in [0.4, 0.5) is 32.0 Å². The highest BCUT2D eigenvalue weighted by atomic mass is 19.4. The monoisotopic (exact) mass is 577 g/mol. The van der Waals surface area contributed by atoms with Crippen LogP contribution in [0.25, 0.3) is 11.1 Å². The zero-order valence-corrected chi connectivity index (χ0v) is 24.0. The average Bonchev–Trinajstić information content (AvgIpc) is 2.88. The van der Waals surface area contributed by atoms with Gasteiger partial charge in [0.1, 0.15) is 5.78 Å². The highest BCUT2D eigenvalue weighted by Crippen LogP contribution is 2.37. The molecule has 0 spiro atoms. The van der Waals surface area contributed by atoms with Crippen molar-refractivity contribution in [2.75, 3.05) is 5.32 Å². The lowest BCUT2D eigenvalue weighted by atomic mass is 9.85. The van der Waals surface area contributed by atoms with Gasteiger partial charge in [0.15, 0.2) is 0 Å². The number of carbonyl (C=O) groups is 1. The van der Waals surface area contributed by atoms with Crippen molar-refractivity contribution in [2.24, 2.45) is 11.8 Å². The molecular formula is C33H37F6NO. The number of hydrogen-bond acceptors (Lipinski definition) is 2. The van der Waals surface area contributed by atoms with E-state index < -0.39 is 29.4 Å². The fraction of sp³-hybridized carbons (Fsp3) is 0.424. The standard InChI is InChI=1S/C33H37F6NO/c1-20(2)6-15-31(24-9-13-28(14-10-24)33(37,38)39)40-29-18-25(23-7-11-27(12-8-23)32(34,35)36)17-26(19-29)30(22(5)41)16-21(3)4/h7-14,17-21,30-31,40H,6,15-16H2,1-5H3. The summed E-state index contributed by atoms with van der Waals surface area (Å²) in [5.74, 6) is 0.148. The number of rotatable bonds is 11. The summed E-state index contributed by atoms with van der Waals surface area (Å²) in [5, 5.41) is 3.47. The highest BCUT2D eigenvalue weighted by Gasteiger charge is 2.31. The summed E-state index contributed by atoms with van der Waals surface area (Å²) in [4.78, 5) is 12.7. The third kappa shape index (κ3) is 9.10. The van der Waals surface area contributed by atoms with Crippen LogP contribution in [0.15, 0.2) is 66.7 Å². The molecule has 2 unspecified atom stereocenters. The molecule has 0 aromatic heterocycles. The smallest absolute Gasteiger partial charge is 0.378 e. The molecule has 41 heavy (non-hydrogen) atoms. The number of Topliss-reactive ketones (excluding diaryl/α,β-unsaturated/α-hetero) is 1. The predicted octanol–water partition coefficient (Wildman–Crippen LogP) is 10.7. The lowest BCUT2D eigenvalue weighted by Gasteiger charge is -2.24. The first-order chi connectivity index (χ1) is 19.0. The Balaban J connectivity index is 2.09. The first-order valence-electron chi connectivity index (χ1n) is 13.8. The van der Waals surface area contributed by atoms with Crippen molar-refractivity contribution in [1.29, 1.82) is 0 Å². The quantitative estimate of drug-likeness (QED) is 0.230. The maximum atomic E-state index is 13.2. The summed E-state index contributed by atoms with van der Waals surface area (Å²) in [6.45, 7) is 9.69. The lowest BCUT2D eigenvalue weighted by Crippen LogP contribution is -2.15. The molecule has 2 nitrogen and oxygen atoms in total. The zero-order chi connectivity index (χ0) is 30.5. The van der Waals surface area contributed by atoms with Crippen LogP contribution in [0.5, 0.6) is 0 Å². The fourth-order valence-corrected chi connectivity index (χ4v) is 4.89. The topological polar surface area (TPSA) is 29.1 Å². The summed E-state index contributed by atoms with van der Waals surface area (Å²) < 4.78 is 79.1. The lowest BCUT2D eigenvalue weighted by molar-refractivity contribution is -0.138. The Kier molecular flexibility index (Phi) is 10.3. The van der Waals surface area contributed by atoms with E-state index in [0.717, 1.165) is 36.2 Å². The Morgan fingerprint density at radius 1 is 0.683 bits per heavy atom. The van der Waals surface area contributed by atoms with E-state index in [1.807, 2.05) is 32.0 Å². The van der Waals surface area contributed by atoms with Crippen LogP contribution in [0, 0.1) is 11.8 Å². The molecule has 8 heteroatoms. The summed E-state index contributed by atoms with van der Waals surface area (Å²) in [6.07, 6.45) is -6.85. The van der Waals surface area contributed by atoms with E-state index in [-0.39, 0.29) is 17.7 Å². The molecule has 3 aromatic carbocycles. The Bertz CT molecular complexity index is 1290. The molecule has 0 aliphatic heterocycles. The molecule has 1 N–H and O–H groups in total. The van der Waals surface area contributed by atoms with E-state index in [1.54, 1.807) is 0 Å². The SMILES string of the molecule is CC(=O)C(CC(C)C)c1cc(NC(CCC(C)C)c2ccc(C(F)(F)F)cc2)cc(-c2ccc(C(F)(F)F)cc2)c1. The van der Waals surface area contributed by atoms with E-state index in [1.165, 1.54) is 31.2 Å². The molecule has 0 aliphatic rings. The molecule has 3 aromatic rings. The molecule has 0 bridgehead atoms. The van der Waals surface area contributed by atoms with E-state index in [4.69, 9.17) is 0 Å². The van der Waals surface area contributed by atoms with Gasteiger partial charge in [0.2, 0.25) is 0 Å². The number of carbonyl (C=O) groups excluding carboxylic acids is 1. The predicted molar refractivity (Wildman–Crippen MR) is 152 cm³/mol. The largest absolute Gasteiger partial charge is 0.416 e. The average molecular weight is 578 g/mol. The normalized spacial score (nSPS) is 13.9. The number of benzene rings is 3. The fourth-order valence-electron chi connectivity index (χ4n) is 4.89. The minimum absolute atomic E-state index is 0.0201. The van der Waals surface area contributed by atoms with Gasteiger partial charge >= 0.3 is 12.4 Å². The summed E-state index contributed by atoms with van der Waals surface area (Å²) in [5.41, 5.74) is 1.78. The van der Waals surface area contributed by atoms with Crippen molar-refractivity contribution in [1.82, 2.24) is 0 Å². The molecule has 0 amide bonds. The second-order valence-corrected chi connectivity index (χ2v) is 11.5. The van der Waals surface area contributed by atoms with Crippen molar-refractivity contribution >= 4 is 11.5 Å². The minimum Gasteiger partial charge on any atom is -0.378 e. The van der Waals surface area contributed by atoms with E-state index in [0.29, 0.717) is 41.1 Å². The number of halogens is 6.